The molecular weight excluding hydrogens is 332 g/mol. The lowest BCUT2D eigenvalue weighted by Gasteiger charge is -2.20. The second-order valence-corrected chi connectivity index (χ2v) is 6.44. The summed E-state index contributed by atoms with van der Waals surface area (Å²) in [5.74, 6) is -0.330. The SMILES string of the molecule is CCCCCCCCC(Br)C(Oc1ccccc1)C(=O)O. The zero-order valence-corrected chi connectivity index (χ0v) is 14.2. The van der Waals surface area contributed by atoms with E-state index in [1.165, 1.54) is 25.7 Å². The van der Waals surface area contributed by atoms with Gasteiger partial charge in [-0.15, -0.1) is 0 Å². The third-order valence-corrected chi connectivity index (χ3v) is 4.35. The lowest BCUT2D eigenvalue weighted by Crippen LogP contribution is -2.35. The maximum Gasteiger partial charge on any atom is 0.346 e. The van der Waals surface area contributed by atoms with Crippen molar-refractivity contribution < 1.29 is 14.6 Å². The van der Waals surface area contributed by atoms with E-state index >= 15 is 0 Å². The Labute approximate surface area is 135 Å². The molecule has 118 valence electrons. The summed E-state index contributed by atoms with van der Waals surface area (Å²) >= 11 is 3.48. The number of alkyl halides is 1. The second-order valence-electron chi connectivity index (χ2n) is 5.26. The maximum absolute atomic E-state index is 11.4. The van der Waals surface area contributed by atoms with Crippen molar-refractivity contribution in [1.29, 1.82) is 0 Å². The number of hydrogen-bond acceptors (Lipinski definition) is 2. The van der Waals surface area contributed by atoms with Gasteiger partial charge >= 0.3 is 5.97 Å². The van der Waals surface area contributed by atoms with Crippen LogP contribution in [0.25, 0.3) is 0 Å². The number of carboxylic acids is 1. The van der Waals surface area contributed by atoms with Crippen LogP contribution >= 0.6 is 15.9 Å². The number of benzene rings is 1. The Kier molecular flexibility index (Phi) is 9.15. The summed E-state index contributed by atoms with van der Waals surface area (Å²) in [6, 6.07) is 9.11. The van der Waals surface area contributed by atoms with E-state index in [-0.39, 0.29) is 4.83 Å². The summed E-state index contributed by atoms with van der Waals surface area (Å²) in [5.41, 5.74) is 0. The average Bonchev–Trinajstić information content (AvgIpc) is 2.49. The van der Waals surface area contributed by atoms with Crippen LogP contribution in [0.4, 0.5) is 0 Å². The molecule has 2 unspecified atom stereocenters. The van der Waals surface area contributed by atoms with E-state index < -0.39 is 12.1 Å². The minimum Gasteiger partial charge on any atom is -0.478 e. The fourth-order valence-corrected chi connectivity index (χ4v) is 2.85. The highest BCUT2D eigenvalue weighted by atomic mass is 79.9. The summed E-state index contributed by atoms with van der Waals surface area (Å²) in [4.78, 5) is 11.2. The molecule has 0 aliphatic rings. The Morgan fingerprint density at radius 3 is 2.38 bits per heavy atom. The molecule has 1 aromatic carbocycles. The smallest absolute Gasteiger partial charge is 0.346 e. The first-order chi connectivity index (χ1) is 10.1. The number of unbranched alkanes of at least 4 members (excludes halogenated alkanes) is 5. The van der Waals surface area contributed by atoms with Gasteiger partial charge in [0.2, 0.25) is 6.10 Å². The molecule has 1 aromatic rings. The van der Waals surface area contributed by atoms with Gasteiger partial charge in [-0.05, 0) is 18.6 Å². The van der Waals surface area contributed by atoms with E-state index in [4.69, 9.17) is 4.74 Å². The summed E-state index contributed by atoms with van der Waals surface area (Å²) < 4.78 is 5.59. The monoisotopic (exact) mass is 356 g/mol. The quantitative estimate of drug-likeness (QED) is 0.446. The zero-order valence-electron chi connectivity index (χ0n) is 12.6. The fourth-order valence-electron chi connectivity index (χ4n) is 2.20. The largest absolute Gasteiger partial charge is 0.478 e. The molecule has 4 heteroatoms. The molecule has 0 aliphatic heterocycles. The van der Waals surface area contributed by atoms with Crippen LogP contribution in [0.15, 0.2) is 30.3 Å². The van der Waals surface area contributed by atoms with Crippen molar-refractivity contribution in [3.63, 3.8) is 0 Å². The molecule has 0 fully saturated rings. The minimum atomic E-state index is -0.924. The summed E-state index contributed by atoms with van der Waals surface area (Å²) in [5, 5.41) is 9.32. The predicted molar refractivity (Wildman–Crippen MR) is 89.2 cm³/mol. The number of carboxylic acid groups (broad SMARTS) is 1. The van der Waals surface area contributed by atoms with E-state index in [0.717, 1.165) is 19.3 Å². The van der Waals surface area contributed by atoms with Crippen LogP contribution in [0.1, 0.15) is 51.9 Å². The third-order valence-electron chi connectivity index (χ3n) is 3.41. The van der Waals surface area contributed by atoms with Crippen molar-refractivity contribution in [2.75, 3.05) is 0 Å². The highest BCUT2D eigenvalue weighted by Gasteiger charge is 2.27. The molecule has 0 spiro atoms. The summed E-state index contributed by atoms with van der Waals surface area (Å²) in [6.07, 6.45) is 7.18. The van der Waals surface area contributed by atoms with Crippen LogP contribution in [-0.4, -0.2) is 22.0 Å². The van der Waals surface area contributed by atoms with Gasteiger partial charge in [-0.1, -0.05) is 79.6 Å². The Balaban J connectivity index is 2.36. The van der Waals surface area contributed by atoms with E-state index in [1.54, 1.807) is 12.1 Å². The van der Waals surface area contributed by atoms with Gasteiger partial charge in [-0.25, -0.2) is 4.79 Å². The van der Waals surface area contributed by atoms with Gasteiger partial charge in [0, 0.05) is 0 Å². The van der Waals surface area contributed by atoms with Crippen LogP contribution in [0.3, 0.4) is 0 Å². The van der Waals surface area contributed by atoms with Crippen molar-refractivity contribution in [2.24, 2.45) is 0 Å². The number of ether oxygens (including phenoxy) is 1. The molecule has 0 saturated heterocycles. The van der Waals surface area contributed by atoms with Gasteiger partial charge in [0.05, 0.1) is 4.83 Å². The number of hydrogen-bond donors (Lipinski definition) is 1. The lowest BCUT2D eigenvalue weighted by atomic mass is 10.1. The zero-order chi connectivity index (χ0) is 15.5. The molecular formula is C17H25BrO3. The van der Waals surface area contributed by atoms with Crippen molar-refractivity contribution in [2.45, 2.75) is 62.8 Å². The molecule has 0 radical (unpaired) electrons. The first kappa shape index (κ1) is 18.0. The van der Waals surface area contributed by atoms with E-state index in [2.05, 4.69) is 22.9 Å². The number of halogens is 1. The lowest BCUT2D eigenvalue weighted by molar-refractivity contribution is -0.145. The number of aliphatic carboxylic acids is 1. The molecule has 0 aromatic heterocycles. The first-order valence-electron chi connectivity index (χ1n) is 7.73. The van der Waals surface area contributed by atoms with Crippen molar-refractivity contribution in [3.05, 3.63) is 30.3 Å². The fraction of sp³-hybridized carbons (Fsp3) is 0.588. The Morgan fingerprint density at radius 1 is 1.14 bits per heavy atom. The van der Waals surface area contributed by atoms with E-state index in [1.807, 2.05) is 18.2 Å². The van der Waals surface area contributed by atoms with Crippen molar-refractivity contribution in [3.8, 4) is 5.75 Å². The van der Waals surface area contributed by atoms with Crippen LogP contribution in [-0.2, 0) is 4.79 Å². The molecule has 1 N–H and O–H groups in total. The van der Waals surface area contributed by atoms with E-state index in [9.17, 15) is 9.90 Å². The molecule has 0 bridgehead atoms. The average molecular weight is 357 g/mol. The second kappa shape index (κ2) is 10.7. The maximum atomic E-state index is 11.4. The molecule has 0 heterocycles. The minimum absolute atomic E-state index is 0.165. The van der Waals surface area contributed by atoms with Crippen molar-refractivity contribution in [1.82, 2.24) is 0 Å². The number of para-hydroxylation sites is 1. The summed E-state index contributed by atoms with van der Waals surface area (Å²) in [7, 11) is 0. The molecule has 3 nitrogen and oxygen atoms in total. The van der Waals surface area contributed by atoms with Gasteiger partial charge in [0.25, 0.3) is 0 Å². The van der Waals surface area contributed by atoms with Crippen LogP contribution in [0.5, 0.6) is 5.75 Å². The molecule has 1 rings (SSSR count). The van der Waals surface area contributed by atoms with E-state index in [0.29, 0.717) is 5.75 Å². The van der Waals surface area contributed by atoms with Crippen LogP contribution < -0.4 is 4.74 Å². The molecule has 21 heavy (non-hydrogen) atoms. The normalized spacial score (nSPS) is 13.6. The van der Waals surface area contributed by atoms with Gasteiger partial charge in [-0.3, -0.25) is 0 Å². The Bertz CT molecular complexity index is 394. The third kappa shape index (κ3) is 7.51. The number of carbonyl (C=O) groups is 1. The van der Waals surface area contributed by atoms with Crippen LogP contribution in [0.2, 0.25) is 0 Å². The standard InChI is InChI=1S/C17H25BrO3/c1-2-3-4-5-6-10-13-15(18)16(17(19)20)21-14-11-8-7-9-12-14/h7-9,11-12,15-16H,2-6,10,13H2,1H3,(H,19,20). The topological polar surface area (TPSA) is 46.5 Å². The predicted octanol–water partition coefficient (Wildman–Crippen LogP) is 5.03. The van der Waals surface area contributed by atoms with Crippen LogP contribution in [0, 0.1) is 0 Å². The Hall–Kier alpha value is -1.03. The Morgan fingerprint density at radius 2 is 1.76 bits per heavy atom. The highest BCUT2D eigenvalue weighted by molar-refractivity contribution is 9.09. The molecule has 0 saturated carbocycles. The molecule has 0 aliphatic carbocycles. The summed E-state index contributed by atoms with van der Waals surface area (Å²) in [6.45, 7) is 2.20. The van der Waals surface area contributed by atoms with Crippen molar-refractivity contribution >= 4 is 21.9 Å². The molecule has 2 atom stereocenters. The first-order valence-corrected chi connectivity index (χ1v) is 8.65. The van der Waals surface area contributed by atoms with Gasteiger partial charge in [0.15, 0.2) is 0 Å². The molecule has 0 amide bonds. The van der Waals surface area contributed by atoms with Gasteiger partial charge in [-0.2, -0.15) is 0 Å². The van der Waals surface area contributed by atoms with Gasteiger partial charge in [0.1, 0.15) is 5.75 Å². The van der Waals surface area contributed by atoms with Gasteiger partial charge < -0.3 is 9.84 Å². The number of rotatable bonds is 11. The highest BCUT2D eigenvalue weighted by Crippen LogP contribution is 2.21.